The minimum atomic E-state index is -0.0627. The second-order valence-corrected chi connectivity index (χ2v) is 4.98. The van der Waals surface area contributed by atoms with Gasteiger partial charge in [-0.2, -0.15) is 0 Å². The third kappa shape index (κ3) is 4.96. The fourth-order valence-corrected chi connectivity index (χ4v) is 2.05. The van der Waals surface area contributed by atoms with E-state index in [-0.39, 0.29) is 5.91 Å². The van der Waals surface area contributed by atoms with Crippen molar-refractivity contribution in [3.63, 3.8) is 0 Å². The van der Waals surface area contributed by atoms with E-state index in [9.17, 15) is 4.79 Å². The lowest BCUT2D eigenvalue weighted by atomic mass is 10.2. The maximum atomic E-state index is 12.0. The molecular weight excluding hydrogens is 264 g/mol. The molecule has 110 valence electrons. The van der Waals surface area contributed by atoms with E-state index in [1.165, 1.54) is 0 Å². The number of nitrogens with one attached hydrogen (secondary N) is 1. The maximum absolute atomic E-state index is 12.0. The number of anilines is 1. The molecule has 0 aliphatic rings. The number of aryl methyl sites for hydroxylation is 1. The number of hydrogen-bond acceptors (Lipinski definition) is 4. The summed E-state index contributed by atoms with van der Waals surface area (Å²) in [5.74, 6) is 0.545. The van der Waals surface area contributed by atoms with Gasteiger partial charge < -0.3 is 5.32 Å². The normalized spacial score (nSPS) is 10.6. The number of pyridine rings is 2. The molecule has 2 aromatic rings. The van der Waals surface area contributed by atoms with Crippen molar-refractivity contribution >= 4 is 11.7 Å². The molecule has 1 amide bonds. The highest BCUT2D eigenvalue weighted by molar-refractivity contribution is 5.91. The summed E-state index contributed by atoms with van der Waals surface area (Å²) in [5, 5.41) is 2.83. The topological polar surface area (TPSA) is 58.1 Å². The molecular formula is C16H20N4O. The summed E-state index contributed by atoms with van der Waals surface area (Å²) < 4.78 is 0. The van der Waals surface area contributed by atoms with Gasteiger partial charge in [-0.05, 0) is 48.9 Å². The van der Waals surface area contributed by atoms with E-state index in [1.807, 2.05) is 36.2 Å². The highest BCUT2D eigenvalue weighted by Gasteiger charge is 2.08. The highest BCUT2D eigenvalue weighted by Crippen LogP contribution is 2.07. The Morgan fingerprint density at radius 2 is 1.90 bits per heavy atom. The molecule has 0 unspecified atom stereocenters. The predicted octanol–water partition coefficient (Wildman–Crippen LogP) is 2.11. The number of likely N-dealkylation sites (N-methyl/N-ethyl adjacent to an activating group) is 1. The van der Waals surface area contributed by atoms with E-state index in [2.05, 4.69) is 22.2 Å². The minimum Gasteiger partial charge on any atom is -0.310 e. The van der Waals surface area contributed by atoms with Crippen LogP contribution in [-0.4, -0.2) is 34.4 Å². The molecule has 5 heteroatoms. The Bertz CT molecular complexity index is 586. The van der Waals surface area contributed by atoms with Crippen LogP contribution in [0.2, 0.25) is 0 Å². The number of carbonyl (C=O) groups is 1. The summed E-state index contributed by atoms with van der Waals surface area (Å²) in [6, 6.07) is 7.74. The van der Waals surface area contributed by atoms with Gasteiger partial charge in [0, 0.05) is 25.1 Å². The Balaban J connectivity index is 1.86. The molecule has 0 saturated heterocycles. The van der Waals surface area contributed by atoms with Crippen molar-refractivity contribution in [2.24, 2.45) is 0 Å². The minimum absolute atomic E-state index is 0.0627. The van der Waals surface area contributed by atoms with E-state index in [0.717, 1.165) is 17.5 Å². The largest absolute Gasteiger partial charge is 0.310 e. The molecule has 0 bridgehead atoms. The number of hydrogen-bond donors (Lipinski definition) is 1. The summed E-state index contributed by atoms with van der Waals surface area (Å²) in [6.45, 7) is 3.10. The van der Waals surface area contributed by atoms with E-state index in [1.54, 1.807) is 18.6 Å². The molecule has 2 rings (SSSR count). The second-order valence-electron chi connectivity index (χ2n) is 4.98. The second kappa shape index (κ2) is 7.50. The van der Waals surface area contributed by atoms with Gasteiger partial charge in [0.25, 0.3) is 0 Å². The van der Waals surface area contributed by atoms with Gasteiger partial charge in [0.1, 0.15) is 5.82 Å². The lowest BCUT2D eigenvalue weighted by molar-refractivity contribution is -0.117. The first-order chi connectivity index (χ1) is 10.2. The molecule has 1 N–H and O–H groups in total. The Kier molecular flexibility index (Phi) is 5.40. The van der Waals surface area contributed by atoms with E-state index in [4.69, 9.17) is 0 Å². The molecule has 0 spiro atoms. The highest BCUT2D eigenvalue weighted by atomic mass is 16.2. The van der Waals surface area contributed by atoms with Crippen LogP contribution >= 0.6 is 0 Å². The van der Waals surface area contributed by atoms with Gasteiger partial charge in [-0.1, -0.05) is 6.92 Å². The van der Waals surface area contributed by atoms with E-state index in [0.29, 0.717) is 18.9 Å². The van der Waals surface area contributed by atoms with Gasteiger partial charge in [0.05, 0.1) is 6.54 Å². The van der Waals surface area contributed by atoms with Crippen molar-refractivity contribution in [1.29, 1.82) is 0 Å². The Hall–Kier alpha value is -2.27. The monoisotopic (exact) mass is 284 g/mol. The number of aromatic nitrogens is 2. The van der Waals surface area contributed by atoms with Gasteiger partial charge in [-0.25, -0.2) is 4.98 Å². The van der Waals surface area contributed by atoms with Crippen molar-refractivity contribution in [2.45, 2.75) is 19.9 Å². The third-order valence-corrected chi connectivity index (χ3v) is 3.12. The van der Waals surface area contributed by atoms with Crippen LogP contribution in [0.25, 0.3) is 0 Å². The average molecular weight is 284 g/mol. The van der Waals surface area contributed by atoms with Crippen LogP contribution in [0.15, 0.2) is 42.9 Å². The standard InChI is InChI=1S/C16H20N4O/c1-3-13-6-9-18-15(10-13)19-16(21)12-20(2)11-14-4-7-17-8-5-14/h4-10H,3,11-12H2,1-2H3,(H,18,19,21). The molecule has 0 radical (unpaired) electrons. The number of rotatable bonds is 6. The van der Waals surface area contributed by atoms with Crippen molar-refractivity contribution in [2.75, 3.05) is 18.9 Å². The molecule has 5 nitrogen and oxygen atoms in total. The van der Waals surface area contributed by atoms with Crippen LogP contribution < -0.4 is 5.32 Å². The van der Waals surface area contributed by atoms with Crippen LogP contribution in [0.3, 0.4) is 0 Å². The maximum Gasteiger partial charge on any atom is 0.239 e. The molecule has 0 aliphatic heterocycles. The zero-order chi connectivity index (χ0) is 15.1. The zero-order valence-electron chi connectivity index (χ0n) is 12.4. The van der Waals surface area contributed by atoms with Crippen LogP contribution in [0, 0.1) is 0 Å². The molecule has 2 aromatic heterocycles. The molecule has 0 saturated carbocycles. The van der Waals surface area contributed by atoms with Gasteiger partial charge in [0.2, 0.25) is 5.91 Å². The average Bonchev–Trinajstić information content (AvgIpc) is 2.48. The van der Waals surface area contributed by atoms with Gasteiger partial charge in [-0.15, -0.1) is 0 Å². The quantitative estimate of drug-likeness (QED) is 0.882. The van der Waals surface area contributed by atoms with E-state index >= 15 is 0 Å². The SMILES string of the molecule is CCc1ccnc(NC(=O)CN(C)Cc2ccncc2)c1. The number of nitrogens with zero attached hydrogens (tertiary/aromatic N) is 3. The Morgan fingerprint density at radius 1 is 1.19 bits per heavy atom. The predicted molar refractivity (Wildman–Crippen MR) is 82.8 cm³/mol. The van der Waals surface area contributed by atoms with Gasteiger partial charge in [0.15, 0.2) is 0 Å². The van der Waals surface area contributed by atoms with Crippen molar-refractivity contribution in [1.82, 2.24) is 14.9 Å². The fourth-order valence-electron chi connectivity index (χ4n) is 2.05. The first-order valence-corrected chi connectivity index (χ1v) is 6.99. The third-order valence-electron chi connectivity index (χ3n) is 3.12. The first kappa shape index (κ1) is 15.1. The smallest absolute Gasteiger partial charge is 0.239 e. The van der Waals surface area contributed by atoms with Crippen molar-refractivity contribution in [3.05, 3.63) is 54.0 Å². The van der Waals surface area contributed by atoms with Crippen LogP contribution in [0.5, 0.6) is 0 Å². The van der Waals surface area contributed by atoms with E-state index < -0.39 is 0 Å². The lowest BCUT2D eigenvalue weighted by Gasteiger charge is -2.16. The van der Waals surface area contributed by atoms with Crippen molar-refractivity contribution < 1.29 is 4.79 Å². The first-order valence-electron chi connectivity index (χ1n) is 6.99. The lowest BCUT2D eigenvalue weighted by Crippen LogP contribution is -2.30. The molecule has 0 aromatic carbocycles. The molecule has 0 atom stereocenters. The van der Waals surface area contributed by atoms with Crippen LogP contribution in [0.4, 0.5) is 5.82 Å². The summed E-state index contributed by atoms with van der Waals surface area (Å²) in [5.41, 5.74) is 2.29. The summed E-state index contributed by atoms with van der Waals surface area (Å²) in [4.78, 5) is 22.1. The molecule has 21 heavy (non-hydrogen) atoms. The number of amides is 1. The van der Waals surface area contributed by atoms with Crippen molar-refractivity contribution in [3.8, 4) is 0 Å². The van der Waals surface area contributed by atoms with Gasteiger partial charge >= 0.3 is 0 Å². The zero-order valence-corrected chi connectivity index (χ0v) is 12.4. The van der Waals surface area contributed by atoms with Gasteiger partial charge in [-0.3, -0.25) is 14.7 Å². The van der Waals surface area contributed by atoms with Crippen LogP contribution in [0.1, 0.15) is 18.1 Å². The molecule has 2 heterocycles. The number of carbonyl (C=O) groups excluding carboxylic acids is 1. The summed E-state index contributed by atoms with van der Waals surface area (Å²) in [6.07, 6.45) is 6.15. The molecule has 0 aliphatic carbocycles. The summed E-state index contributed by atoms with van der Waals surface area (Å²) >= 11 is 0. The summed E-state index contributed by atoms with van der Waals surface area (Å²) in [7, 11) is 1.91. The fraction of sp³-hybridized carbons (Fsp3) is 0.312. The Morgan fingerprint density at radius 3 is 2.62 bits per heavy atom. The molecule has 0 fully saturated rings. The Labute approximate surface area is 125 Å². The van der Waals surface area contributed by atoms with Crippen LogP contribution in [-0.2, 0) is 17.8 Å².